The summed E-state index contributed by atoms with van der Waals surface area (Å²) in [4.78, 5) is 48.7. The quantitative estimate of drug-likeness (QED) is 0.335. The summed E-state index contributed by atoms with van der Waals surface area (Å²) in [7, 11) is 1.35. The topological polar surface area (TPSA) is 88.9 Å². The van der Waals surface area contributed by atoms with Gasteiger partial charge in [0, 0.05) is 36.8 Å². The van der Waals surface area contributed by atoms with Gasteiger partial charge in [0.15, 0.2) is 11.8 Å². The highest BCUT2D eigenvalue weighted by molar-refractivity contribution is 9.10. The molecule has 2 fully saturated rings. The molecule has 37 heavy (non-hydrogen) atoms. The number of carbonyl (C=O) groups excluding carboxylic acids is 3. The van der Waals surface area contributed by atoms with Crippen LogP contribution in [0.2, 0.25) is 10.0 Å². The summed E-state index contributed by atoms with van der Waals surface area (Å²) in [5, 5.41) is 0.413. The van der Waals surface area contributed by atoms with E-state index < -0.39 is 22.3 Å². The maximum absolute atomic E-state index is 13.2. The van der Waals surface area contributed by atoms with Crippen molar-refractivity contribution in [2.45, 2.75) is 55.8 Å². The van der Waals surface area contributed by atoms with E-state index in [-0.39, 0.29) is 27.3 Å². The van der Waals surface area contributed by atoms with E-state index in [9.17, 15) is 14.4 Å². The number of rotatable bonds is 5. The van der Waals surface area contributed by atoms with E-state index in [2.05, 4.69) is 20.9 Å². The van der Waals surface area contributed by atoms with Crippen molar-refractivity contribution in [1.82, 2.24) is 4.98 Å². The fourth-order valence-corrected chi connectivity index (χ4v) is 7.28. The van der Waals surface area contributed by atoms with Crippen LogP contribution in [-0.4, -0.2) is 52.9 Å². The lowest BCUT2D eigenvalue weighted by Crippen LogP contribution is -2.61. The van der Waals surface area contributed by atoms with E-state index in [1.807, 2.05) is 18.2 Å². The smallest absolute Gasteiger partial charge is 0.330 e. The molecule has 2 unspecified atom stereocenters. The van der Waals surface area contributed by atoms with Gasteiger partial charge in [-0.05, 0) is 36.5 Å². The number of nitrogens with zero attached hydrogens (tertiary/aromatic N) is 3. The van der Waals surface area contributed by atoms with E-state index >= 15 is 0 Å². The number of hydrogen-bond acceptors (Lipinski definition) is 6. The summed E-state index contributed by atoms with van der Waals surface area (Å²) in [6.45, 7) is 0.491. The molecular formula is C27H26BrCl2N3O4. The standard InChI is InChI=1S/C27H26BrCl2N3O4/c1-37-26(36)19(32-23-22(28)24(34)27(23)8-3-2-4-9-27)12-15-5-6-20-16(11-15)7-10-33(20)25(35)21-17(29)13-31-14-18(21)30/h5-6,11,13-14,19,22H,2-4,7-10,12H2,1H3. The molecule has 1 aliphatic heterocycles. The zero-order valence-corrected chi connectivity index (χ0v) is 23.4. The molecule has 1 aromatic carbocycles. The number of ether oxygens (including phenoxy) is 1. The molecule has 10 heteroatoms. The molecule has 0 bridgehead atoms. The predicted molar refractivity (Wildman–Crippen MR) is 146 cm³/mol. The average molecular weight is 607 g/mol. The molecule has 3 aliphatic rings. The van der Waals surface area contributed by atoms with Crippen molar-refractivity contribution in [2.75, 3.05) is 18.6 Å². The number of amides is 1. The molecule has 0 saturated heterocycles. The highest BCUT2D eigenvalue weighted by atomic mass is 79.9. The third-order valence-corrected chi connectivity index (χ3v) is 9.11. The van der Waals surface area contributed by atoms with Gasteiger partial charge in [0.1, 0.15) is 4.83 Å². The molecule has 2 heterocycles. The second kappa shape index (κ2) is 10.5. The number of anilines is 1. The number of esters is 1. The Morgan fingerprint density at radius 1 is 1.22 bits per heavy atom. The lowest BCUT2D eigenvalue weighted by atomic mass is 9.58. The molecule has 194 valence electrons. The summed E-state index contributed by atoms with van der Waals surface area (Å²) in [6, 6.07) is 5.02. The van der Waals surface area contributed by atoms with Crippen molar-refractivity contribution in [3.63, 3.8) is 0 Å². The van der Waals surface area contributed by atoms with Crippen LogP contribution >= 0.6 is 39.1 Å². The maximum atomic E-state index is 13.2. The number of aromatic nitrogens is 1. The van der Waals surface area contributed by atoms with Crippen molar-refractivity contribution in [3.8, 4) is 0 Å². The summed E-state index contributed by atoms with van der Waals surface area (Å²) in [5.41, 5.74) is 3.15. The molecule has 1 spiro atoms. The van der Waals surface area contributed by atoms with E-state index in [0.29, 0.717) is 19.4 Å². The fraction of sp³-hybridized carbons (Fsp3) is 0.444. The molecular weight excluding hydrogens is 581 g/mol. The van der Waals surface area contributed by atoms with Gasteiger partial charge in [-0.1, -0.05) is 70.5 Å². The van der Waals surface area contributed by atoms with Crippen molar-refractivity contribution < 1.29 is 19.1 Å². The average Bonchev–Trinajstić information content (AvgIpc) is 3.33. The minimum atomic E-state index is -0.751. The number of hydrogen-bond donors (Lipinski definition) is 0. The van der Waals surface area contributed by atoms with Gasteiger partial charge >= 0.3 is 5.97 Å². The normalized spacial score (nSPS) is 22.1. The summed E-state index contributed by atoms with van der Waals surface area (Å²) < 4.78 is 5.08. The summed E-state index contributed by atoms with van der Waals surface area (Å²) >= 11 is 15.9. The van der Waals surface area contributed by atoms with Gasteiger partial charge in [0.25, 0.3) is 5.91 Å². The number of aliphatic imine (C=N–C) groups is 1. The fourth-order valence-electron chi connectivity index (χ4n) is 5.76. The molecule has 2 aromatic rings. The third kappa shape index (κ3) is 4.61. The zero-order valence-electron chi connectivity index (χ0n) is 20.3. The summed E-state index contributed by atoms with van der Waals surface area (Å²) in [6.07, 6.45) is 8.47. The van der Waals surface area contributed by atoms with Gasteiger partial charge in [0.05, 0.1) is 28.1 Å². The van der Waals surface area contributed by atoms with Gasteiger partial charge < -0.3 is 9.64 Å². The first-order valence-electron chi connectivity index (χ1n) is 12.3. The van der Waals surface area contributed by atoms with Crippen LogP contribution in [0.25, 0.3) is 0 Å². The first-order valence-corrected chi connectivity index (χ1v) is 14.0. The van der Waals surface area contributed by atoms with Crippen LogP contribution in [0.15, 0.2) is 35.6 Å². The minimum absolute atomic E-state index is 0.172. The Morgan fingerprint density at radius 3 is 2.59 bits per heavy atom. The molecule has 0 radical (unpaired) electrons. The van der Waals surface area contributed by atoms with Crippen LogP contribution in [0.4, 0.5) is 5.69 Å². The van der Waals surface area contributed by atoms with Gasteiger partial charge in [0.2, 0.25) is 0 Å². The molecule has 1 amide bonds. The highest BCUT2D eigenvalue weighted by Gasteiger charge is 2.58. The number of carbonyl (C=O) groups is 3. The Kier molecular flexibility index (Phi) is 7.44. The van der Waals surface area contributed by atoms with Crippen LogP contribution < -0.4 is 4.90 Å². The molecule has 2 aliphatic carbocycles. The largest absolute Gasteiger partial charge is 0.467 e. The molecule has 0 N–H and O–H groups in total. The van der Waals surface area contributed by atoms with E-state index in [1.54, 1.807) is 4.90 Å². The number of halogens is 3. The molecule has 1 aromatic heterocycles. The van der Waals surface area contributed by atoms with Crippen LogP contribution in [0.1, 0.15) is 53.6 Å². The van der Waals surface area contributed by atoms with Crippen molar-refractivity contribution >= 4 is 68.2 Å². The first-order chi connectivity index (χ1) is 17.8. The van der Waals surface area contributed by atoms with Crippen LogP contribution in [0, 0.1) is 5.41 Å². The number of methoxy groups -OCH3 is 1. The Hall–Kier alpha value is -2.29. The lowest BCUT2D eigenvalue weighted by molar-refractivity contribution is -0.142. The number of alkyl halides is 1. The van der Waals surface area contributed by atoms with Crippen LogP contribution in [-0.2, 0) is 27.2 Å². The number of fused-ring (bicyclic) bond motifs is 1. The lowest BCUT2D eigenvalue weighted by Gasteiger charge is -2.47. The first kappa shape index (κ1) is 26.3. The van der Waals surface area contributed by atoms with Gasteiger partial charge in [-0.3, -0.25) is 19.6 Å². The van der Waals surface area contributed by atoms with Gasteiger partial charge in [-0.25, -0.2) is 4.79 Å². The van der Waals surface area contributed by atoms with E-state index in [1.165, 1.54) is 19.5 Å². The Morgan fingerprint density at radius 2 is 1.92 bits per heavy atom. The predicted octanol–water partition coefficient (Wildman–Crippen LogP) is 5.41. The zero-order chi connectivity index (χ0) is 26.3. The Bertz CT molecular complexity index is 1290. The van der Waals surface area contributed by atoms with Gasteiger partial charge in [-0.2, -0.15) is 0 Å². The van der Waals surface area contributed by atoms with Crippen LogP contribution in [0.3, 0.4) is 0 Å². The summed E-state index contributed by atoms with van der Waals surface area (Å²) in [5.74, 6) is -0.540. The molecule has 7 nitrogen and oxygen atoms in total. The highest BCUT2D eigenvalue weighted by Crippen LogP contribution is 2.49. The van der Waals surface area contributed by atoms with Crippen molar-refractivity contribution in [3.05, 3.63) is 57.3 Å². The number of benzene rings is 1. The second-order valence-electron chi connectivity index (χ2n) is 9.77. The minimum Gasteiger partial charge on any atom is -0.467 e. The number of Topliss-reactive ketones (excluding diaryl/α,β-unsaturated/α-hetero) is 1. The number of ketones is 1. The van der Waals surface area contributed by atoms with E-state index in [4.69, 9.17) is 32.9 Å². The maximum Gasteiger partial charge on any atom is 0.330 e. The number of pyridine rings is 1. The molecule has 2 saturated carbocycles. The Balaban J connectivity index is 1.39. The van der Waals surface area contributed by atoms with Crippen molar-refractivity contribution in [1.29, 1.82) is 0 Å². The van der Waals surface area contributed by atoms with Gasteiger partial charge in [-0.15, -0.1) is 0 Å². The van der Waals surface area contributed by atoms with E-state index in [0.717, 1.165) is 54.6 Å². The van der Waals surface area contributed by atoms with Crippen LogP contribution in [0.5, 0.6) is 0 Å². The van der Waals surface area contributed by atoms with Crippen molar-refractivity contribution in [2.24, 2.45) is 10.4 Å². The SMILES string of the molecule is COC(=O)C(Cc1ccc2c(c1)CCN2C(=O)c1c(Cl)cncc1Cl)N=C1C(Br)C(=O)C12CCCCC2. The second-order valence-corrected chi connectivity index (χ2v) is 11.5. The molecule has 5 rings (SSSR count). The third-order valence-electron chi connectivity index (χ3n) is 7.69. The molecule has 2 atom stereocenters. The monoisotopic (exact) mass is 605 g/mol. The Labute approximate surface area is 233 Å².